The van der Waals surface area contributed by atoms with Crippen molar-refractivity contribution in [3.05, 3.63) is 48.0 Å². The summed E-state index contributed by atoms with van der Waals surface area (Å²) in [5, 5.41) is 10.6. The molecule has 0 radical (unpaired) electrons. The van der Waals surface area contributed by atoms with Gasteiger partial charge in [-0.3, -0.25) is 4.79 Å². The van der Waals surface area contributed by atoms with Gasteiger partial charge in [0.25, 0.3) is 0 Å². The summed E-state index contributed by atoms with van der Waals surface area (Å²) in [6.45, 7) is 1.31. The van der Waals surface area contributed by atoms with Gasteiger partial charge in [0, 0.05) is 38.4 Å². The number of aromatic nitrogens is 2. The van der Waals surface area contributed by atoms with Gasteiger partial charge < -0.3 is 19.3 Å². The fraction of sp³-hybridized carbons (Fsp3) is 0.474. The molecule has 2 aromatic rings. The number of carbonyl (C=O) groups excluding carboxylic acids is 1. The number of aryl methyl sites for hydroxylation is 1. The van der Waals surface area contributed by atoms with Gasteiger partial charge in [-0.2, -0.15) is 0 Å². The molecule has 1 aliphatic heterocycles. The largest absolute Gasteiger partial charge is 0.497 e. The second-order valence-corrected chi connectivity index (χ2v) is 6.61. The molecule has 6 heteroatoms. The Bertz CT molecular complexity index is 728. The van der Waals surface area contributed by atoms with E-state index in [0.717, 1.165) is 30.7 Å². The maximum absolute atomic E-state index is 12.7. The Hall–Kier alpha value is -2.34. The highest BCUT2D eigenvalue weighted by atomic mass is 16.5. The van der Waals surface area contributed by atoms with Gasteiger partial charge >= 0.3 is 0 Å². The summed E-state index contributed by atoms with van der Waals surface area (Å²) in [4.78, 5) is 18.8. The Morgan fingerprint density at radius 3 is 3.04 bits per heavy atom. The van der Waals surface area contributed by atoms with Gasteiger partial charge in [-0.25, -0.2) is 4.98 Å². The normalized spacial score (nSPS) is 18.8. The number of ether oxygens (including phenoxy) is 1. The van der Waals surface area contributed by atoms with Crippen LogP contribution < -0.4 is 4.74 Å². The molecule has 0 saturated carbocycles. The van der Waals surface area contributed by atoms with Crippen molar-refractivity contribution in [2.45, 2.75) is 25.4 Å². The van der Waals surface area contributed by atoms with E-state index in [4.69, 9.17) is 4.74 Å². The van der Waals surface area contributed by atoms with E-state index in [0.29, 0.717) is 18.8 Å². The molecule has 1 aromatic heterocycles. The SMILES string of the molecule is COc1cccc(CC(=O)N2CCCC(C(O)c3nccn3C)C2)c1. The van der Waals surface area contributed by atoms with Crippen LogP contribution in [0.3, 0.4) is 0 Å². The zero-order valence-corrected chi connectivity index (χ0v) is 14.8. The molecule has 0 bridgehead atoms. The van der Waals surface area contributed by atoms with Crippen molar-refractivity contribution < 1.29 is 14.6 Å². The highest BCUT2D eigenvalue weighted by molar-refractivity contribution is 5.79. The molecule has 6 nitrogen and oxygen atoms in total. The molecule has 2 unspecified atom stereocenters. The lowest BCUT2D eigenvalue weighted by molar-refractivity contribution is -0.133. The van der Waals surface area contributed by atoms with Crippen molar-refractivity contribution in [1.29, 1.82) is 0 Å². The summed E-state index contributed by atoms with van der Waals surface area (Å²) in [5.41, 5.74) is 0.941. The Morgan fingerprint density at radius 1 is 1.48 bits per heavy atom. The number of rotatable bonds is 5. The average molecular weight is 343 g/mol. The Labute approximate surface area is 148 Å². The van der Waals surface area contributed by atoms with Crippen molar-refractivity contribution in [3.63, 3.8) is 0 Å². The standard InChI is InChI=1S/C19H25N3O3/c1-21-10-8-20-19(21)18(24)15-6-4-9-22(13-15)17(23)12-14-5-3-7-16(11-14)25-2/h3,5,7-8,10-11,15,18,24H,4,6,9,12-13H2,1-2H3. The number of methoxy groups -OCH3 is 1. The number of amides is 1. The topological polar surface area (TPSA) is 67.6 Å². The van der Waals surface area contributed by atoms with Crippen LogP contribution in [0.25, 0.3) is 0 Å². The van der Waals surface area contributed by atoms with Gasteiger partial charge in [-0.05, 0) is 30.5 Å². The molecule has 1 aliphatic rings. The third-order valence-corrected chi connectivity index (χ3v) is 4.87. The van der Waals surface area contributed by atoms with Crippen molar-refractivity contribution in [2.75, 3.05) is 20.2 Å². The molecular weight excluding hydrogens is 318 g/mol. The van der Waals surface area contributed by atoms with Gasteiger partial charge in [0.15, 0.2) is 0 Å². The second-order valence-electron chi connectivity index (χ2n) is 6.61. The second kappa shape index (κ2) is 7.70. The number of aliphatic hydroxyl groups is 1. The summed E-state index contributed by atoms with van der Waals surface area (Å²) in [6, 6.07) is 7.59. The van der Waals surface area contributed by atoms with E-state index in [-0.39, 0.29) is 11.8 Å². The first-order valence-electron chi connectivity index (χ1n) is 8.64. The van der Waals surface area contributed by atoms with Crippen molar-refractivity contribution in [3.8, 4) is 5.75 Å². The highest BCUT2D eigenvalue weighted by Crippen LogP contribution is 2.29. The lowest BCUT2D eigenvalue weighted by Crippen LogP contribution is -2.42. The maximum atomic E-state index is 12.7. The molecule has 1 amide bonds. The van der Waals surface area contributed by atoms with E-state index in [1.165, 1.54) is 0 Å². The maximum Gasteiger partial charge on any atom is 0.227 e. The highest BCUT2D eigenvalue weighted by Gasteiger charge is 2.31. The third kappa shape index (κ3) is 4.02. The average Bonchev–Trinajstić information content (AvgIpc) is 3.07. The van der Waals surface area contributed by atoms with Crippen LogP contribution in [0.2, 0.25) is 0 Å². The number of aliphatic hydroxyl groups excluding tert-OH is 1. The molecule has 1 saturated heterocycles. The van der Waals surface area contributed by atoms with Gasteiger partial charge in [0.1, 0.15) is 17.7 Å². The molecular formula is C19H25N3O3. The van der Waals surface area contributed by atoms with E-state index in [1.54, 1.807) is 13.3 Å². The van der Waals surface area contributed by atoms with Crippen LogP contribution in [0.15, 0.2) is 36.7 Å². The van der Waals surface area contributed by atoms with Crippen LogP contribution in [0.1, 0.15) is 30.3 Å². The van der Waals surface area contributed by atoms with Crippen molar-refractivity contribution in [2.24, 2.45) is 13.0 Å². The van der Waals surface area contributed by atoms with E-state index in [2.05, 4.69) is 4.98 Å². The third-order valence-electron chi connectivity index (χ3n) is 4.87. The van der Waals surface area contributed by atoms with Crippen LogP contribution in [-0.2, 0) is 18.3 Å². The fourth-order valence-electron chi connectivity index (χ4n) is 3.44. The number of hydrogen-bond donors (Lipinski definition) is 1. The molecule has 1 aromatic carbocycles. The number of carbonyl (C=O) groups is 1. The number of likely N-dealkylation sites (tertiary alicyclic amines) is 1. The first kappa shape index (κ1) is 17.5. The Morgan fingerprint density at radius 2 is 2.32 bits per heavy atom. The number of nitrogens with zero attached hydrogens (tertiary/aromatic N) is 3. The van der Waals surface area contributed by atoms with Crippen LogP contribution in [0, 0.1) is 5.92 Å². The number of benzene rings is 1. The first-order valence-corrected chi connectivity index (χ1v) is 8.64. The number of hydrogen-bond acceptors (Lipinski definition) is 4. The van der Waals surface area contributed by atoms with Crippen molar-refractivity contribution in [1.82, 2.24) is 14.5 Å². The quantitative estimate of drug-likeness (QED) is 0.901. The van der Waals surface area contributed by atoms with Gasteiger partial charge in [0.2, 0.25) is 5.91 Å². The molecule has 2 atom stereocenters. The van der Waals surface area contributed by atoms with Crippen LogP contribution in [0.5, 0.6) is 5.75 Å². The van der Waals surface area contributed by atoms with Crippen LogP contribution in [0.4, 0.5) is 0 Å². The minimum atomic E-state index is -0.646. The van der Waals surface area contributed by atoms with E-state index < -0.39 is 6.10 Å². The van der Waals surface area contributed by atoms with E-state index >= 15 is 0 Å². The molecule has 25 heavy (non-hydrogen) atoms. The minimum absolute atomic E-state index is 0.0177. The summed E-state index contributed by atoms with van der Waals surface area (Å²) in [7, 11) is 3.50. The summed E-state index contributed by atoms with van der Waals surface area (Å²) in [6.07, 6.45) is 5.02. The van der Waals surface area contributed by atoms with Gasteiger partial charge in [-0.1, -0.05) is 12.1 Å². The zero-order valence-electron chi connectivity index (χ0n) is 14.8. The Kier molecular flexibility index (Phi) is 5.38. The van der Waals surface area contributed by atoms with E-state index in [1.807, 2.05) is 47.0 Å². The molecule has 1 fully saturated rings. The first-order chi connectivity index (χ1) is 12.1. The predicted octanol–water partition coefficient (Wildman–Crippen LogP) is 1.94. The predicted molar refractivity (Wildman–Crippen MR) is 94.2 cm³/mol. The summed E-state index contributed by atoms with van der Waals surface area (Å²) in [5.74, 6) is 1.52. The van der Waals surface area contributed by atoms with Gasteiger partial charge in [-0.15, -0.1) is 0 Å². The number of piperidine rings is 1. The smallest absolute Gasteiger partial charge is 0.227 e. The molecule has 2 heterocycles. The van der Waals surface area contributed by atoms with Crippen LogP contribution in [-0.4, -0.2) is 45.7 Å². The lowest BCUT2D eigenvalue weighted by Gasteiger charge is -2.35. The molecule has 0 spiro atoms. The van der Waals surface area contributed by atoms with Crippen LogP contribution >= 0.6 is 0 Å². The summed E-state index contributed by atoms with van der Waals surface area (Å²) < 4.78 is 7.05. The molecule has 134 valence electrons. The molecule has 1 N–H and O–H groups in total. The monoisotopic (exact) mass is 343 g/mol. The molecule has 3 rings (SSSR count). The summed E-state index contributed by atoms with van der Waals surface area (Å²) >= 11 is 0. The zero-order chi connectivity index (χ0) is 17.8. The molecule has 0 aliphatic carbocycles. The fourth-order valence-corrected chi connectivity index (χ4v) is 3.44. The minimum Gasteiger partial charge on any atom is -0.497 e. The van der Waals surface area contributed by atoms with E-state index in [9.17, 15) is 9.90 Å². The lowest BCUT2D eigenvalue weighted by atomic mass is 9.91. The number of imidazole rings is 1. The van der Waals surface area contributed by atoms with Gasteiger partial charge in [0.05, 0.1) is 13.5 Å². The Balaban J connectivity index is 1.64. The van der Waals surface area contributed by atoms with Crippen molar-refractivity contribution >= 4 is 5.91 Å².